The van der Waals surface area contributed by atoms with E-state index in [1.54, 1.807) is 73.3 Å². The van der Waals surface area contributed by atoms with E-state index in [0.29, 0.717) is 115 Å². The van der Waals surface area contributed by atoms with Crippen molar-refractivity contribution in [3.8, 4) is 45.0 Å². The highest BCUT2D eigenvalue weighted by molar-refractivity contribution is 5.94. The van der Waals surface area contributed by atoms with Crippen molar-refractivity contribution >= 4 is 57.7 Å². The fourth-order valence-corrected chi connectivity index (χ4v) is 12.3. The van der Waals surface area contributed by atoms with Gasteiger partial charge in [-0.1, -0.05) is 189 Å². The van der Waals surface area contributed by atoms with Gasteiger partial charge in [0.1, 0.15) is 23.3 Å². The monoisotopic (exact) mass is 1540 g/mol. The van der Waals surface area contributed by atoms with Gasteiger partial charge < -0.3 is 21.3 Å². The number of anilines is 4. The van der Waals surface area contributed by atoms with Gasteiger partial charge in [-0.15, -0.1) is 0 Å². The summed E-state index contributed by atoms with van der Waals surface area (Å²) in [6.07, 6.45) is 12.9. The van der Waals surface area contributed by atoms with Crippen molar-refractivity contribution in [1.29, 1.82) is 0 Å². The maximum absolute atomic E-state index is 13.2. The van der Waals surface area contributed by atoms with Crippen LogP contribution in [0.1, 0.15) is 120 Å². The van der Waals surface area contributed by atoms with Gasteiger partial charge in [0, 0.05) is 35.1 Å². The lowest BCUT2D eigenvalue weighted by Gasteiger charge is -2.13. The minimum Gasteiger partial charge on any atom is -0.309 e. The highest BCUT2D eigenvalue weighted by atomic mass is 19.1. The molecule has 0 unspecified atom stereocenters. The molecule has 0 radical (unpaired) electrons. The summed E-state index contributed by atoms with van der Waals surface area (Å²) in [5.74, 6) is 1.81. The van der Waals surface area contributed by atoms with E-state index in [-0.39, 0.29) is 59.7 Å². The van der Waals surface area contributed by atoms with Crippen LogP contribution in [-0.4, -0.2) is 63.5 Å². The van der Waals surface area contributed by atoms with Crippen molar-refractivity contribution in [3.63, 3.8) is 0 Å². The van der Waals surface area contributed by atoms with Gasteiger partial charge in [0.05, 0.1) is 83.2 Å². The van der Waals surface area contributed by atoms with Crippen LogP contribution in [0.3, 0.4) is 0 Å². The number of hydrogen-bond acceptors (Lipinski definition) is 12. The smallest absolute Gasteiger partial charge is 0.229 e. The lowest BCUT2D eigenvalue weighted by molar-refractivity contribution is -0.117. The average molecular weight is 1550 g/mol. The second-order valence-electron chi connectivity index (χ2n) is 29.7. The Morgan fingerprint density at radius 3 is 0.922 bits per heavy atom. The van der Waals surface area contributed by atoms with Crippen LogP contribution in [0.2, 0.25) is 0 Å². The predicted molar refractivity (Wildman–Crippen MR) is 450 cm³/mol. The van der Waals surface area contributed by atoms with Crippen LogP contribution in [0.5, 0.6) is 0 Å². The molecule has 0 aliphatic carbocycles. The Hall–Kier alpha value is -12.8. The number of aromatic nitrogens is 8. The van der Waals surface area contributed by atoms with E-state index in [9.17, 15) is 36.7 Å². The number of nitrogens with one attached hydrogen (secondary N) is 4. The van der Waals surface area contributed by atoms with Crippen LogP contribution in [0, 0.1) is 46.9 Å². The third-order valence-corrected chi connectivity index (χ3v) is 18.0. The molecule has 115 heavy (non-hydrogen) atoms. The van der Waals surface area contributed by atoms with E-state index >= 15 is 0 Å². The van der Waals surface area contributed by atoms with Gasteiger partial charge in [-0.3, -0.25) is 19.2 Å². The number of rotatable bonds is 27. The van der Waals surface area contributed by atoms with Crippen molar-refractivity contribution in [2.75, 3.05) is 21.3 Å². The van der Waals surface area contributed by atoms with E-state index in [0.717, 1.165) is 85.3 Å². The maximum Gasteiger partial charge on any atom is 0.229 e. The number of nitrogens with zero attached hydrogens (tertiary/aromatic N) is 8. The molecule has 13 rings (SSSR count). The largest absolute Gasteiger partial charge is 0.309 e. The quantitative estimate of drug-likeness (QED) is 0.0353. The van der Waals surface area contributed by atoms with Gasteiger partial charge in [-0.05, 0) is 199 Å². The lowest BCUT2D eigenvalue weighted by Crippen LogP contribution is -2.18. The summed E-state index contributed by atoms with van der Waals surface area (Å²) >= 11 is 0. The average Bonchev–Trinajstić information content (AvgIpc) is 0.839. The van der Waals surface area contributed by atoms with Crippen LogP contribution in [0.15, 0.2) is 255 Å². The predicted octanol–water partition coefficient (Wildman–Crippen LogP) is 21.0. The van der Waals surface area contributed by atoms with Crippen molar-refractivity contribution in [1.82, 2.24) is 39.9 Å². The standard InChI is InChI=1S/C26H24FN3O.C24H26FN3O.C23H24FN3O.C22H22FN3O/c1-17(2)13-23-26(28-16-24(29-23)20-9-11-22(27)12-10-20)30-25(31)15-18-7-8-19-5-3-4-6-21(19)14-18;1-17(2)15-21-24(26-16-22(27-21)19-11-13-20(25)14-12-19)28-23(29)10-6-9-18-7-4-3-5-8-18;1-16(2)14-20-23(27-22(28)13-8-17-6-4-3-5-7-17)25-15-21(26-20)18-9-11-19(24)12-10-18;1-15(2)12-19-22(26-21(27)13-16-6-4-3-5-7-16)24-14-20(25-19)17-8-10-18(23)11-9-17/h3-12,14,16-17H,13,15H2,1-2H3,(H,28,30,31);3-5,7-8,11-14,16-17H,6,9-10,15H2,1-2H3,(H,26,28,29);3-7,9-12,15-16H,8,13-14H2,1-2H3,(H,25,27,28);3-11,14-15H,12-13H2,1-2H3,(H,24,26,27). The molecule has 0 aliphatic heterocycles. The first kappa shape index (κ1) is 84.6. The molecule has 13 aromatic rings. The molecule has 20 heteroatoms. The van der Waals surface area contributed by atoms with E-state index < -0.39 is 0 Å². The molecule has 0 saturated carbocycles. The molecule has 4 aromatic heterocycles. The zero-order chi connectivity index (χ0) is 81.6. The minimum absolute atomic E-state index is 0.0604. The number of amides is 4. The molecule has 0 fully saturated rings. The van der Waals surface area contributed by atoms with E-state index in [1.807, 2.05) is 115 Å². The molecule has 4 amide bonds. The molecule has 9 aromatic carbocycles. The molecular formula is C95H96F4N12O4. The molecule has 0 aliphatic rings. The van der Waals surface area contributed by atoms with Gasteiger partial charge in [-0.2, -0.15) is 0 Å². The summed E-state index contributed by atoms with van der Waals surface area (Å²) in [5.41, 5.74) is 13.0. The van der Waals surface area contributed by atoms with Crippen LogP contribution in [0.4, 0.5) is 40.8 Å². The zero-order valence-corrected chi connectivity index (χ0v) is 66.1. The summed E-state index contributed by atoms with van der Waals surface area (Å²) in [5, 5.41) is 13.9. The van der Waals surface area contributed by atoms with Gasteiger partial charge in [0.15, 0.2) is 23.3 Å². The lowest BCUT2D eigenvalue weighted by atomic mass is 10.0. The first-order chi connectivity index (χ1) is 55.5. The van der Waals surface area contributed by atoms with Crippen LogP contribution in [0.25, 0.3) is 55.8 Å². The first-order valence-electron chi connectivity index (χ1n) is 38.8. The fourth-order valence-electron chi connectivity index (χ4n) is 12.3. The molecule has 4 heterocycles. The van der Waals surface area contributed by atoms with Crippen LogP contribution in [-0.2, 0) is 70.5 Å². The van der Waals surface area contributed by atoms with Crippen LogP contribution < -0.4 is 21.3 Å². The molecule has 16 nitrogen and oxygen atoms in total. The number of carbonyl (C=O) groups is 4. The molecule has 0 bridgehead atoms. The topological polar surface area (TPSA) is 220 Å². The Labute approximate surface area is 670 Å². The van der Waals surface area contributed by atoms with E-state index in [1.165, 1.54) is 54.1 Å². The Kier molecular flexibility index (Phi) is 31.4. The molecular weight excluding hydrogens is 1450 g/mol. The normalized spacial score (nSPS) is 10.9. The number of hydrogen-bond donors (Lipinski definition) is 4. The molecule has 0 atom stereocenters. The first-order valence-corrected chi connectivity index (χ1v) is 38.8. The van der Waals surface area contributed by atoms with Gasteiger partial charge >= 0.3 is 0 Å². The summed E-state index contributed by atoms with van der Waals surface area (Å²) in [6, 6.07) is 68.3. The van der Waals surface area contributed by atoms with Crippen LogP contribution >= 0.6 is 0 Å². The zero-order valence-electron chi connectivity index (χ0n) is 66.1. The van der Waals surface area contributed by atoms with Gasteiger partial charge in [0.2, 0.25) is 23.6 Å². The highest BCUT2D eigenvalue weighted by Crippen LogP contribution is 2.29. The molecule has 588 valence electrons. The van der Waals surface area contributed by atoms with Crippen molar-refractivity contribution < 1.29 is 36.7 Å². The molecule has 0 saturated heterocycles. The SMILES string of the molecule is CC(C)Cc1nc(-c2ccc(F)cc2)cnc1NC(=O)CCCc1ccccc1.CC(C)Cc1nc(-c2ccc(F)cc2)cnc1NC(=O)CCc1ccccc1.CC(C)Cc1nc(-c2ccc(F)cc2)cnc1NC(=O)Cc1ccc2ccccc2c1.CC(C)Cc1nc(-c2ccc(F)cc2)cnc1NC(=O)Cc1ccccc1. The summed E-state index contributed by atoms with van der Waals surface area (Å²) in [7, 11) is 0. The number of fused-ring (bicyclic) bond motifs is 1. The Morgan fingerprint density at radius 2 is 0.583 bits per heavy atom. The van der Waals surface area contributed by atoms with Crippen molar-refractivity contribution in [2.24, 2.45) is 23.7 Å². The van der Waals surface area contributed by atoms with Crippen molar-refractivity contribution in [3.05, 3.63) is 324 Å². The highest BCUT2D eigenvalue weighted by Gasteiger charge is 2.20. The van der Waals surface area contributed by atoms with Gasteiger partial charge in [-0.25, -0.2) is 57.4 Å². The summed E-state index contributed by atoms with van der Waals surface area (Å²) < 4.78 is 52.8. The van der Waals surface area contributed by atoms with Gasteiger partial charge in [0.25, 0.3) is 0 Å². The maximum atomic E-state index is 13.2. The summed E-state index contributed by atoms with van der Waals surface area (Å²) in [4.78, 5) is 86.5. The molecule has 0 spiro atoms. The number of halogens is 4. The Morgan fingerprint density at radius 1 is 0.296 bits per heavy atom. The Balaban J connectivity index is 0.000000162. The number of benzene rings is 9. The van der Waals surface area contributed by atoms with E-state index in [2.05, 4.69) is 125 Å². The molecule has 4 N–H and O–H groups in total. The second kappa shape index (κ2) is 42.7. The summed E-state index contributed by atoms with van der Waals surface area (Å²) in [6.45, 7) is 16.7. The second-order valence-corrected chi connectivity index (χ2v) is 29.7. The number of aryl methyl sites for hydroxylation is 2. The Bertz CT molecular complexity index is 5320. The van der Waals surface area contributed by atoms with E-state index in [4.69, 9.17) is 9.97 Å². The minimum atomic E-state index is -0.295. The third kappa shape index (κ3) is 27.5. The third-order valence-electron chi connectivity index (χ3n) is 18.0. The number of carbonyl (C=O) groups excluding carboxylic acids is 4. The fraction of sp³-hybridized carbons (Fsp3) is 0.242. The van der Waals surface area contributed by atoms with Crippen molar-refractivity contribution in [2.45, 2.75) is 126 Å².